The minimum atomic E-state index is -0.460. The first kappa shape index (κ1) is 18.4. The van der Waals surface area contributed by atoms with Crippen LogP contribution < -0.4 is 14.8 Å². The molecule has 0 fully saturated rings. The van der Waals surface area contributed by atoms with Crippen molar-refractivity contribution in [2.75, 3.05) is 20.8 Å². The average molecular weight is 371 g/mol. The third-order valence-electron chi connectivity index (χ3n) is 3.79. The SMILES string of the molecule is COc1cc(OC)cc(-c2noc(CCNC(=O)c3cccc(F)c3)n2)c1. The Morgan fingerprint density at radius 3 is 2.56 bits per heavy atom. The van der Waals surface area contributed by atoms with E-state index in [1.807, 2.05) is 0 Å². The molecule has 0 atom stereocenters. The van der Waals surface area contributed by atoms with Crippen LogP contribution in [0.5, 0.6) is 11.5 Å². The summed E-state index contributed by atoms with van der Waals surface area (Å²) >= 11 is 0. The molecule has 0 radical (unpaired) electrons. The minimum Gasteiger partial charge on any atom is -0.497 e. The number of amides is 1. The largest absolute Gasteiger partial charge is 0.497 e. The molecule has 0 unspecified atom stereocenters. The van der Waals surface area contributed by atoms with Gasteiger partial charge in [-0.25, -0.2) is 4.39 Å². The molecule has 0 saturated heterocycles. The summed E-state index contributed by atoms with van der Waals surface area (Å²) in [6, 6.07) is 10.8. The lowest BCUT2D eigenvalue weighted by Gasteiger charge is -2.05. The molecule has 140 valence electrons. The first-order valence-corrected chi connectivity index (χ1v) is 8.19. The van der Waals surface area contributed by atoms with Gasteiger partial charge in [-0.3, -0.25) is 4.79 Å². The first-order valence-electron chi connectivity index (χ1n) is 8.19. The molecule has 7 nitrogen and oxygen atoms in total. The quantitative estimate of drug-likeness (QED) is 0.687. The maximum atomic E-state index is 13.2. The lowest BCUT2D eigenvalue weighted by atomic mass is 10.2. The summed E-state index contributed by atoms with van der Waals surface area (Å²) in [6.07, 6.45) is 0.342. The summed E-state index contributed by atoms with van der Waals surface area (Å²) in [6.45, 7) is 0.276. The van der Waals surface area contributed by atoms with Crippen molar-refractivity contribution < 1.29 is 23.2 Å². The van der Waals surface area contributed by atoms with Crippen LogP contribution in [-0.4, -0.2) is 36.8 Å². The Bertz CT molecular complexity index is 920. The van der Waals surface area contributed by atoms with Crippen molar-refractivity contribution in [2.45, 2.75) is 6.42 Å². The van der Waals surface area contributed by atoms with Gasteiger partial charge >= 0.3 is 0 Å². The van der Waals surface area contributed by atoms with Crippen molar-refractivity contribution in [1.82, 2.24) is 15.5 Å². The van der Waals surface area contributed by atoms with E-state index in [1.165, 1.54) is 18.2 Å². The molecule has 0 aliphatic carbocycles. The molecule has 1 aromatic heterocycles. The number of nitrogens with one attached hydrogen (secondary N) is 1. The summed E-state index contributed by atoms with van der Waals surface area (Å²) in [4.78, 5) is 16.3. The van der Waals surface area contributed by atoms with Crippen LogP contribution in [0, 0.1) is 5.82 Å². The van der Waals surface area contributed by atoms with Crippen molar-refractivity contribution in [3.63, 3.8) is 0 Å². The molecule has 0 spiro atoms. The van der Waals surface area contributed by atoms with Crippen LogP contribution in [0.15, 0.2) is 47.0 Å². The summed E-state index contributed by atoms with van der Waals surface area (Å²) in [5.41, 5.74) is 0.940. The second-order valence-corrected chi connectivity index (χ2v) is 5.63. The van der Waals surface area contributed by atoms with Gasteiger partial charge in [-0.1, -0.05) is 11.2 Å². The summed E-state index contributed by atoms with van der Waals surface area (Å²) in [7, 11) is 3.11. The predicted molar refractivity (Wildman–Crippen MR) is 95.3 cm³/mol. The van der Waals surface area contributed by atoms with Crippen LogP contribution in [0.2, 0.25) is 0 Å². The zero-order chi connectivity index (χ0) is 19.2. The van der Waals surface area contributed by atoms with E-state index in [-0.39, 0.29) is 18.0 Å². The van der Waals surface area contributed by atoms with Crippen molar-refractivity contribution in [2.24, 2.45) is 0 Å². The second kappa shape index (κ2) is 8.31. The Labute approximate surface area is 155 Å². The number of hydrogen-bond acceptors (Lipinski definition) is 6. The van der Waals surface area contributed by atoms with Crippen molar-refractivity contribution >= 4 is 5.91 Å². The number of methoxy groups -OCH3 is 2. The number of carbonyl (C=O) groups is 1. The fourth-order valence-corrected chi connectivity index (χ4v) is 2.42. The molecule has 1 heterocycles. The summed E-state index contributed by atoms with van der Waals surface area (Å²) < 4.78 is 28.8. The zero-order valence-corrected chi connectivity index (χ0v) is 14.9. The fraction of sp³-hybridized carbons (Fsp3) is 0.211. The summed E-state index contributed by atoms with van der Waals surface area (Å²) in [5, 5.41) is 6.63. The molecule has 3 rings (SSSR count). The molecule has 1 N–H and O–H groups in total. The van der Waals surface area contributed by atoms with Crippen molar-refractivity contribution in [1.29, 1.82) is 0 Å². The molecule has 1 amide bonds. The molecule has 2 aromatic carbocycles. The van der Waals surface area contributed by atoms with Gasteiger partial charge in [0.15, 0.2) is 0 Å². The van der Waals surface area contributed by atoms with Crippen LogP contribution in [0.4, 0.5) is 4.39 Å². The molecule has 0 bridgehead atoms. The number of ether oxygens (including phenoxy) is 2. The first-order chi connectivity index (χ1) is 13.1. The third kappa shape index (κ3) is 4.60. The lowest BCUT2D eigenvalue weighted by molar-refractivity contribution is 0.0953. The van der Waals surface area contributed by atoms with Crippen LogP contribution in [0.3, 0.4) is 0 Å². The number of rotatable bonds is 7. The van der Waals surface area contributed by atoms with E-state index in [1.54, 1.807) is 38.5 Å². The number of nitrogens with zero attached hydrogens (tertiary/aromatic N) is 2. The summed E-state index contributed by atoms with van der Waals surface area (Å²) in [5.74, 6) is 1.14. The van der Waals surface area contributed by atoms with Gasteiger partial charge in [0.25, 0.3) is 5.91 Å². The Morgan fingerprint density at radius 1 is 1.15 bits per heavy atom. The van der Waals surface area contributed by atoms with Gasteiger partial charge in [0.1, 0.15) is 17.3 Å². The third-order valence-corrected chi connectivity index (χ3v) is 3.79. The number of benzene rings is 2. The van der Waals surface area contributed by atoms with Gasteiger partial charge in [0, 0.05) is 30.2 Å². The van der Waals surface area contributed by atoms with Gasteiger partial charge in [0.05, 0.1) is 14.2 Å². The topological polar surface area (TPSA) is 86.5 Å². The van der Waals surface area contributed by atoms with E-state index in [0.29, 0.717) is 35.2 Å². The minimum absolute atomic E-state index is 0.254. The number of hydrogen-bond donors (Lipinski definition) is 1. The molecule has 27 heavy (non-hydrogen) atoms. The van der Waals surface area contributed by atoms with Crippen molar-refractivity contribution in [3.05, 3.63) is 59.7 Å². The van der Waals surface area contributed by atoms with E-state index in [2.05, 4.69) is 15.5 Å². The molecule has 3 aromatic rings. The Balaban J connectivity index is 1.62. The van der Waals surface area contributed by atoms with Crippen molar-refractivity contribution in [3.8, 4) is 22.9 Å². The Kier molecular flexibility index (Phi) is 5.65. The highest BCUT2D eigenvalue weighted by Gasteiger charge is 2.12. The van der Waals surface area contributed by atoms with Gasteiger partial charge in [0.2, 0.25) is 11.7 Å². The predicted octanol–water partition coefficient (Wildman–Crippen LogP) is 2.87. The van der Waals surface area contributed by atoms with E-state index in [4.69, 9.17) is 14.0 Å². The lowest BCUT2D eigenvalue weighted by Crippen LogP contribution is -2.25. The second-order valence-electron chi connectivity index (χ2n) is 5.63. The highest BCUT2D eigenvalue weighted by molar-refractivity contribution is 5.94. The van der Waals surface area contributed by atoms with Gasteiger partial charge < -0.3 is 19.3 Å². The monoisotopic (exact) mass is 371 g/mol. The number of aromatic nitrogens is 2. The molecule has 8 heteroatoms. The maximum Gasteiger partial charge on any atom is 0.251 e. The average Bonchev–Trinajstić information content (AvgIpc) is 3.16. The van der Waals surface area contributed by atoms with Gasteiger partial charge in [-0.15, -0.1) is 0 Å². The van der Waals surface area contributed by atoms with Crippen LogP contribution in [0.25, 0.3) is 11.4 Å². The zero-order valence-electron chi connectivity index (χ0n) is 14.9. The maximum absolute atomic E-state index is 13.2. The van der Waals surface area contributed by atoms with Crippen LogP contribution in [0.1, 0.15) is 16.2 Å². The highest BCUT2D eigenvalue weighted by Crippen LogP contribution is 2.28. The molecule has 0 saturated carbocycles. The van der Waals surface area contributed by atoms with Gasteiger partial charge in [-0.05, 0) is 30.3 Å². The number of halogens is 1. The smallest absolute Gasteiger partial charge is 0.251 e. The van der Waals surface area contributed by atoms with Crippen LogP contribution in [-0.2, 0) is 6.42 Å². The normalized spacial score (nSPS) is 10.5. The molecule has 0 aliphatic rings. The fourth-order valence-electron chi connectivity index (χ4n) is 2.42. The Morgan fingerprint density at radius 2 is 1.89 bits per heavy atom. The van der Waals surface area contributed by atoms with E-state index in [9.17, 15) is 9.18 Å². The molecular formula is C19H18FN3O4. The van der Waals surface area contributed by atoms with E-state index >= 15 is 0 Å². The Hall–Kier alpha value is -3.42. The number of carbonyl (C=O) groups excluding carboxylic acids is 1. The van der Waals surface area contributed by atoms with Gasteiger partial charge in [-0.2, -0.15) is 4.98 Å². The van der Waals surface area contributed by atoms with E-state index < -0.39 is 5.82 Å². The standard InChI is InChI=1S/C19H18FN3O4/c1-25-15-9-13(10-16(11-15)26-2)18-22-17(27-23-18)6-7-21-19(24)12-4-3-5-14(20)8-12/h3-5,8-11H,6-7H2,1-2H3,(H,21,24). The molecule has 0 aliphatic heterocycles. The molecular weight excluding hydrogens is 353 g/mol. The van der Waals surface area contributed by atoms with E-state index in [0.717, 1.165) is 0 Å². The van der Waals surface area contributed by atoms with Crippen LogP contribution >= 0.6 is 0 Å². The highest BCUT2D eigenvalue weighted by atomic mass is 19.1.